The predicted molar refractivity (Wildman–Crippen MR) is 114 cm³/mol. The lowest BCUT2D eigenvalue weighted by Gasteiger charge is -2.40. The van der Waals surface area contributed by atoms with Crippen molar-refractivity contribution in [3.8, 4) is 11.4 Å². The second-order valence-electron chi connectivity index (χ2n) is 7.80. The minimum Gasteiger partial charge on any atom is -0.365 e. The molecule has 33 heavy (non-hydrogen) atoms. The van der Waals surface area contributed by atoms with Crippen LogP contribution in [-0.2, 0) is 6.18 Å². The van der Waals surface area contributed by atoms with Gasteiger partial charge in [-0.2, -0.15) is 13.2 Å². The Morgan fingerprint density at radius 2 is 1.85 bits per heavy atom. The van der Waals surface area contributed by atoms with Gasteiger partial charge >= 0.3 is 6.18 Å². The van der Waals surface area contributed by atoms with Crippen LogP contribution in [0.25, 0.3) is 11.4 Å². The van der Waals surface area contributed by atoms with Gasteiger partial charge in [-0.1, -0.05) is 6.07 Å². The van der Waals surface area contributed by atoms with Crippen molar-refractivity contribution in [2.45, 2.75) is 38.0 Å². The molecule has 3 aromatic rings. The number of hydrogen-bond donors (Lipinski definition) is 1. The number of amides is 1. The lowest BCUT2D eigenvalue weighted by atomic mass is 9.95. The summed E-state index contributed by atoms with van der Waals surface area (Å²) < 4.78 is 53.0. The molecule has 1 fully saturated rings. The van der Waals surface area contributed by atoms with Gasteiger partial charge < -0.3 is 10.2 Å². The van der Waals surface area contributed by atoms with Gasteiger partial charge in [-0.3, -0.25) is 4.79 Å². The van der Waals surface area contributed by atoms with Crippen LogP contribution in [0.1, 0.15) is 35.7 Å². The number of halogens is 4. The summed E-state index contributed by atoms with van der Waals surface area (Å²) in [6.45, 7) is 2.31. The van der Waals surface area contributed by atoms with E-state index >= 15 is 0 Å². The Bertz CT molecular complexity index is 1120. The molecule has 0 bridgehead atoms. The van der Waals surface area contributed by atoms with E-state index in [1.54, 1.807) is 11.0 Å². The lowest BCUT2D eigenvalue weighted by Crippen LogP contribution is -2.52. The summed E-state index contributed by atoms with van der Waals surface area (Å²) in [6, 6.07) is 7.54. The van der Waals surface area contributed by atoms with Crippen molar-refractivity contribution < 1.29 is 22.4 Å². The molecule has 1 aliphatic rings. The number of alkyl halides is 3. The van der Waals surface area contributed by atoms with Crippen LogP contribution in [0, 0.1) is 5.82 Å². The van der Waals surface area contributed by atoms with Crippen LogP contribution in [0.3, 0.4) is 0 Å². The zero-order chi connectivity index (χ0) is 23.6. The lowest BCUT2D eigenvalue weighted by molar-refractivity contribution is -0.137. The standard InChI is InChI=1S/C23H21F4N5O/c1-14-18(31-19-9-8-15(13-30-19)23(25,26)27)7-3-12-32(14)22(33)16-5-2-6-17(24)20(16)21-28-10-4-11-29-21/h2,4-6,8-11,13-14,18H,3,7,12H2,1H3,(H,30,31). The Morgan fingerprint density at radius 1 is 1.09 bits per heavy atom. The number of nitrogens with zero attached hydrogens (tertiary/aromatic N) is 4. The van der Waals surface area contributed by atoms with Gasteiger partial charge in [0.25, 0.3) is 5.91 Å². The molecule has 1 aromatic carbocycles. The first-order valence-electron chi connectivity index (χ1n) is 10.4. The van der Waals surface area contributed by atoms with Crippen LogP contribution in [0.4, 0.5) is 23.4 Å². The van der Waals surface area contributed by atoms with E-state index in [0.29, 0.717) is 25.2 Å². The molecule has 1 aliphatic heterocycles. The van der Waals surface area contributed by atoms with E-state index < -0.39 is 17.6 Å². The molecule has 10 heteroatoms. The summed E-state index contributed by atoms with van der Waals surface area (Å²) >= 11 is 0. The zero-order valence-corrected chi connectivity index (χ0v) is 17.7. The first-order chi connectivity index (χ1) is 15.8. The molecule has 0 saturated carbocycles. The summed E-state index contributed by atoms with van der Waals surface area (Å²) in [4.78, 5) is 27.1. The molecule has 4 rings (SSSR count). The van der Waals surface area contributed by atoms with Gasteiger partial charge in [0.1, 0.15) is 11.6 Å². The predicted octanol–water partition coefficient (Wildman–Crippen LogP) is 4.80. The highest BCUT2D eigenvalue weighted by Gasteiger charge is 2.34. The molecule has 0 spiro atoms. The molecule has 1 amide bonds. The maximum atomic E-state index is 14.7. The van der Waals surface area contributed by atoms with E-state index in [0.717, 1.165) is 12.3 Å². The molecule has 6 nitrogen and oxygen atoms in total. The van der Waals surface area contributed by atoms with E-state index in [1.807, 2.05) is 6.92 Å². The highest BCUT2D eigenvalue weighted by Crippen LogP contribution is 2.30. The molecule has 2 aromatic heterocycles. The van der Waals surface area contributed by atoms with Gasteiger partial charge in [0.05, 0.1) is 16.7 Å². The van der Waals surface area contributed by atoms with E-state index in [4.69, 9.17) is 0 Å². The minimum atomic E-state index is -4.46. The zero-order valence-electron chi connectivity index (χ0n) is 17.7. The Kier molecular flexibility index (Phi) is 6.26. The number of pyridine rings is 1. The van der Waals surface area contributed by atoms with Gasteiger partial charge in [-0.05, 0) is 50.1 Å². The number of likely N-dealkylation sites (tertiary alicyclic amines) is 1. The second kappa shape index (κ2) is 9.13. The number of piperidine rings is 1. The largest absolute Gasteiger partial charge is 0.417 e. The van der Waals surface area contributed by atoms with Crippen molar-refractivity contribution in [3.63, 3.8) is 0 Å². The third kappa shape index (κ3) is 4.79. The third-order valence-electron chi connectivity index (χ3n) is 5.71. The maximum absolute atomic E-state index is 14.7. The quantitative estimate of drug-likeness (QED) is 0.568. The second-order valence-corrected chi connectivity index (χ2v) is 7.80. The molecule has 2 atom stereocenters. The van der Waals surface area contributed by atoms with Crippen molar-refractivity contribution in [2.75, 3.05) is 11.9 Å². The van der Waals surface area contributed by atoms with Crippen LogP contribution in [-0.4, -0.2) is 44.4 Å². The molecular weight excluding hydrogens is 438 g/mol. The first-order valence-corrected chi connectivity index (χ1v) is 10.4. The Morgan fingerprint density at radius 3 is 2.52 bits per heavy atom. The Labute approximate surface area is 187 Å². The maximum Gasteiger partial charge on any atom is 0.417 e. The van der Waals surface area contributed by atoms with Crippen molar-refractivity contribution in [1.82, 2.24) is 19.9 Å². The molecule has 172 valence electrons. The molecule has 1 N–H and O–H groups in total. The summed E-state index contributed by atoms with van der Waals surface area (Å²) in [6.07, 6.45) is 0.634. The van der Waals surface area contributed by atoms with Gasteiger partial charge in [-0.25, -0.2) is 19.3 Å². The summed E-state index contributed by atoms with van der Waals surface area (Å²) in [7, 11) is 0. The Balaban J connectivity index is 1.56. The topological polar surface area (TPSA) is 71.0 Å². The van der Waals surface area contributed by atoms with Crippen LogP contribution in [0.2, 0.25) is 0 Å². The van der Waals surface area contributed by atoms with Crippen LogP contribution < -0.4 is 5.32 Å². The number of rotatable bonds is 4. The minimum absolute atomic E-state index is 0.0368. The van der Waals surface area contributed by atoms with Gasteiger partial charge in [-0.15, -0.1) is 0 Å². The van der Waals surface area contributed by atoms with Crippen molar-refractivity contribution in [2.24, 2.45) is 0 Å². The number of hydrogen-bond acceptors (Lipinski definition) is 5. The highest BCUT2D eigenvalue weighted by atomic mass is 19.4. The highest BCUT2D eigenvalue weighted by molar-refractivity contribution is 6.00. The summed E-state index contributed by atoms with van der Waals surface area (Å²) in [5, 5.41) is 3.13. The SMILES string of the molecule is CC1C(Nc2ccc(C(F)(F)F)cn2)CCCN1C(=O)c1cccc(F)c1-c1ncccn1. The van der Waals surface area contributed by atoms with E-state index in [-0.39, 0.29) is 34.9 Å². The molecular formula is C23H21F4N5O. The number of aromatic nitrogens is 3. The first kappa shape index (κ1) is 22.6. The summed E-state index contributed by atoms with van der Waals surface area (Å²) in [5.74, 6) is -0.554. The summed E-state index contributed by atoms with van der Waals surface area (Å²) in [5.41, 5.74) is -0.639. The van der Waals surface area contributed by atoms with E-state index in [9.17, 15) is 22.4 Å². The van der Waals surface area contributed by atoms with Crippen LogP contribution in [0.15, 0.2) is 55.0 Å². The van der Waals surface area contributed by atoms with Crippen molar-refractivity contribution in [3.05, 3.63) is 71.9 Å². The van der Waals surface area contributed by atoms with E-state index in [2.05, 4.69) is 20.3 Å². The fourth-order valence-corrected chi connectivity index (χ4v) is 3.97. The number of anilines is 1. The Hall–Kier alpha value is -3.56. The smallest absolute Gasteiger partial charge is 0.365 e. The van der Waals surface area contributed by atoms with Crippen LogP contribution in [0.5, 0.6) is 0 Å². The molecule has 1 saturated heterocycles. The number of nitrogens with one attached hydrogen (secondary N) is 1. The van der Waals surface area contributed by atoms with Gasteiger partial charge in [0.2, 0.25) is 0 Å². The van der Waals surface area contributed by atoms with Crippen molar-refractivity contribution >= 4 is 11.7 Å². The molecule has 3 heterocycles. The fraction of sp³-hybridized carbons (Fsp3) is 0.304. The number of carbonyl (C=O) groups is 1. The number of carbonyl (C=O) groups excluding carboxylic acids is 1. The normalized spacial score (nSPS) is 18.8. The molecule has 2 unspecified atom stereocenters. The van der Waals surface area contributed by atoms with Gasteiger partial charge in [0, 0.05) is 37.2 Å². The number of benzene rings is 1. The average Bonchev–Trinajstić information content (AvgIpc) is 2.80. The average molecular weight is 459 g/mol. The third-order valence-corrected chi connectivity index (χ3v) is 5.71. The van der Waals surface area contributed by atoms with Gasteiger partial charge in [0.15, 0.2) is 5.82 Å². The van der Waals surface area contributed by atoms with E-state index in [1.165, 1.54) is 36.7 Å². The molecule has 0 radical (unpaired) electrons. The van der Waals surface area contributed by atoms with Crippen LogP contribution >= 0.6 is 0 Å². The monoisotopic (exact) mass is 459 g/mol. The fourth-order valence-electron chi connectivity index (χ4n) is 3.97. The molecule has 0 aliphatic carbocycles. The van der Waals surface area contributed by atoms with Crippen molar-refractivity contribution in [1.29, 1.82) is 0 Å².